The van der Waals surface area contributed by atoms with Crippen molar-refractivity contribution in [2.75, 3.05) is 26.2 Å². The van der Waals surface area contributed by atoms with Gasteiger partial charge in [0.1, 0.15) is 10.6 Å². The molecule has 1 aliphatic carbocycles. The molecule has 0 spiro atoms. The van der Waals surface area contributed by atoms with E-state index in [9.17, 15) is 26.4 Å². The maximum absolute atomic E-state index is 13.6. The maximum Gasteiger partial charge on any atom is 0.433 e. The molecule has 0 N–H and O–H groups in total. The monoisotopic (exact) mass is 483 g/mol. The molecule has 1 saturated carbocycles. The molecule has 3 aromatic rings. The Balaban J connectivity index is 1.36. The van der Waals surface area contributed by atoms with Crippen LogP contribution < -0.4 is 0 Å². The molecule has 0 radical (unpaired) electrons. The summed E-state index contributed by atoms with van der Waals surface area (Å²) >= 11 is 0. The normalized spacial score (nSPS) is 18.2. The average Bonchev–Trinajstić information content (AvgIpc) is 3.38. The molecule has 14 heteroatoms. The molecule has 10 nitrogen and oxygen atoms in total. The van der Waals surface area contributed by atoms with Gasteiger partial charge in [0.05, 0.1) is 6.20 Å². The van der Waals surface area contributed by atoms with E-state index in [1.54, 1.807) is 7.05 Å². The highest BCUT2D eigenvalue weighted by atomic mass is 32.2. The number of hydrogen-bond acceptors (Lipinski definition) is 6. The van der Waals surface area contributed by atoms with E-state index in [0.717, 1.165) is 18.9 Å². The second-order valence-corrected chi connectivity index (χ2v) is 10.1. The van der Waals surface area contributed by atoms with Crippen LogP contribution in [0.5, 0.6) is 0 Å². The summed E-state index contributed by atoms with van der Waals surface area (Å²) in [6.45, 7) is 0.264. The number of alkyl halides is 3. The van der Waals surface area contributed by atoms with Crippen molar-refractivity contribution in [1.29, 1.82) is 0 Å². The van der Waals surface area contributed by atoms with Gasteiger partial charge in [0.2, 0.25) is 10.0 Å². The molecule has 176 valence electrons. The zero-order valence-corrected chi connectivity index (χ0v) is 18.3. The number of amides is 1. The summed E-state index contributed by atoms with van der Waals surface area (Å²) in [6.07, 6.45) is -0.433. The van der Waals surface area contributed by atoms with Crippen LogP contribution in [0.1, 0.15) is 40.6 Å². The standard InChI is InChI=1S/C19H20F3N7O3S/c1-26-11-13(10-23-26)33(31,32)28-6-4-27(5-7-28)18(30)15-9-17-24-14(12-2-3-12)8-16(19(20,21)22)29(17)25-15/h8-12H,2-7H2,1H3. The van der Waals surface area contributed by atoms with Crippen LogP contribution in [0.15, 0.2) is 29.4 Å². The first-order valence-corrected chi connectivity index (χ1v) is 11.7. The predicted octanol–water partition coefficient (Wildman–Crippen LogP) is 1.51. The Morgan fingerprint density at radius 2 is 1.82 bits per heavy atom. The van der Waals surface area contributed by atoms with Crippen LogP contribution in [0.25, 0.3) is 5.65 Å². The van der Waals surface area contributed by atoms with Crippen molar-refractivity contribution in [3.05, 3.63) is 41.6 Å². The van der Waals surface area contributed by atoms with Gasteiger partial charge in [-0.05, 0) is 18.9 Å². The Morgan fingerprint density at radius 3 is 2.39 bits per heavy atom. The molecule has 0 atom stereocenters. The summed E-state index contributed by atoms with van der Waals surface area (Å²) in [5.41, 5.74) is -0.818. The zero-order chi connectivity index (χ0) is 23.5. The number of aromatic nitrogens is 5. The third-order valence-corrected chi connectivity index (χ3v) is 7.65. The first-order chi connectivity index (χ1) is 15.5. The number of hydrogen-bond donors (Lipinski definition) is 0. The van der Waals surface area contributed by atoms with Gasteiger partial charge in [-0.1, -0.05) is 0 Å². The number of halogens is 3. The van der Waals surface area contributed by atoms with E-state index in [0.29, 0.717) is 10.2 Å². The molecule has 1 aliphatic heterocycles. The highest BCUT2D eigenvalue weighted by molar-refractivity contribution is 7.89. The molecule has 1 saturated heterocycles. The fourth-order valence-corrected chi connectivity index (χ4v) is 5.27. The molecular formula is C19H20F3N7O3S. The molecule has 0 bridgehead atoms. The highest BCUT2D eigenvalue weighted by Crippen LogP contribution is 2.41. The van der Waals surface area contributed by atoms with Crippen LogP contribution in [0.3, 0.4) is 0 Å². The lowest BCUT2D eigenvalue weighted by atomic mass is 10.2. The minimum atomic E-state index is -4.65. The van der Waals surface area contributed by atoms with Gasteiger partial charge in [0.15, 0.2) is 11.3 Å². The lowest BCUT2D eigenvalue weighted by Gasteiger charge is -2.33. The van der Waals surface area contributed by atoms with Crippen LogP contribution in [0.2, 0.25) is 0 Å². The summed E-state index contributed by atoms with van der Waals surface area (Å²) in [7, 11) is -2.14. The summed E-state index contributed by atoms with van der Waals surface area (Å²) in [6, 6.07) is 2.25. The fourth-order valence-electron chi connectivity index (χ4n) is 3.86. The molecular weight excluding hydrogens is 463 g/mol. The Morgan fingerprint density at radius 1 is 1.12 bits per heavy atom. The molecule has 4 heterocycles. The smallest absolute Gasteiger partial charge is 0.335 e. The number of aryl methyl sites for hydroxylation is 1. The quantitative estimate of drug-likeness (QED) is 0.557. The molecule has 5 rings (SSSR count). The van der Waals surface area contributed by atoms with Crippen molar-refractivity contribution in [2.24, 2.45) is 7.05 Å². The minimum Gasteiger partial charge on any atom is -0.335 e. The Hall–Kier alpha value is -3.00. The van der Waals surface area contributed by atoms with Crippen molar-refractivity contribution >= 4 is 21.6 Å². The fraction of sp³-hybridized carbons (Fsp3) is 0.474. The van der Waals surface area contributed by atoms with Crippen molar-refractivity contribution < 1.29 is 26.4 Å². The van der Waals surface area contributed by atoms with E-state index in [1.165, 1.54) is 32.3 Å². The Bertz CT molecular complexity index is 1340. The Labute approximate surface area is 186 Å². The van der Waals surface area contributed by atoms with Gasteiger partial charge in [-0.2, -0.15) is 27.7 Å². The van der Waals surface area contributed by atoms with Crippen LogP contribution in [0.4, 0.5) is 13.2 Å². The molecule has 0 aromatic carbocycles. The highest BCUT2D eigenvalue weighted by Gasteiger charge is 2.38. The summed E-state index contributed by atoms with van der Waals surface area (Å²) in [4.78, 5) is 18.7. The molecule has 2 fully saturated rings. The first kappa shape index (κ1) is 21.8. The number of carbonyl (C=O) groups excluding carboxylic acids is 1. The zero-order valence-electron chi connectivity index (χ0n) is 17.5. The van der Waals surface area contributed by atoms with Crippen LogP contribution in [-0.2, 0) is 23.2 Å². The third kappa shape index (κ3) is 3.97. The topological polar surface area (TPSA) is 106 Å². The van der Waals surface area contributed by atoms with E-state index in [-0.39, 0.29) is 48.3 Å². The Kier molecular flexibility index (Phi) is 4.97. The molecule has 1 amide bonds. The van der Waals surface area contributed by atoms with Crippen LogP contribution in [0, 0.1) is 0 Å². The average molecular weight is 483 g/mol. The van der Waals surface area contributed by atoms with Gasteiger partial charge < -0.3 is 4.90 Å². The number of sulfonamides is 1. The van der Waals surface area contributed by atoms with Crippen molar-refractivity contribution in [3.63, 3.8) is 0 Å². The molecule has 2 aliphatic rings. The van der Waals surface area contributed by atoms with Gasteiger partial charge in [0, 0.05) is 57.1 Å². The van der Waals surface area contributed by atoms with Crippen LogP contribution in [-0.4, -0.2) is 74.1 Å². The number of carbonyl (C=O) groups is 1. The van der Waals surface area contributed by atoms with Gasteiger partial charge in [0.25, 0.3) is 5.91 Å². The van der Waals surface area contributed by atoms with Gasteiger partial charge in [-0.15, -0.1) is 0 Å². The second-order valence-electron chi connectivity index (χ2n) is 8.18. The van der Waals surface area contributed by atoms with Crippen LogP contribution >= 0.6 is 0 Å². The number of fused-ring (bicyclic) bond motifs is 1. The summed E-state index contributed by atoms with van der Waals surface area (Å²) < 4.78 is 69.5. The number of nitrogens with zero attached hydrogens (tertiary/aromatic N) is 7. The lowest BCUT2D eigenvalue weighted by Crippen LogP contribution is -2.50. The largest absolute Gasteiger partial charge is 0.433 e. The van der Waals surface area contributed by atoms with Gasteiger partial charge in [-0.25, -0.2) is 17.9 Å². The summed E-state index contributed by atoms with van der Waals surface area (Å²) in [5, 5.41) is 7.77. The molecule has 3 aromatic heterocycles. The summed E-state index contributed by atoms with van der Waals surface area (Å²) in [5.74, 6) is -0.569. The minimum absolute atomic E-state index is 0.00000690. The van der Waals surface area contributed by atoms with Crippen molar-refractivity contribution in [1.82, 2.24) is 33.6 Å². The second kappa shape index (κ2) is 7.52. The SMILES string of the molecule is Cn1cc(S(=O)(=O)N2CCN(C(=O)c3cc4nc(C5CC5)cc(C(F)(F)F)n4n3)CC2)cn1. The van der Waals surface area contributed by atoms with Crippen molar-refractivity contribution in [2.45, 2.75) is 29.8 Å². The first-order valence-electron chi connectivity index (χ1n) is 10.3. The van der Waals surface area contributed by atoms with E-state index in [4.69, 9.17) is 0 Å². The maximum atomic E-state index is 13.6. The lowest BCUT2D eigenvalue weighted by molar-refractivity contribution is -0.142. The molecule has 0 unspecified atom stereocenters. The van der Waals surface area contributed by atoms with E-state index < -0.39 is 27.8 Å². The van der Waals surface area contributed by atoms with Crippen molar-refractivity contribution in [3.8, 4) is 0 Å². The van der Waals surface area contributed by atoms with Gasteiger partial charge >= 0.3 is 6.18 Å². The van der Waals surface area contributed by atoms with E-state index in [2.05, 4.69) is 15.2 Å². The number of piperazine rings is 1. The van der Waals surface area contributed by atoms with E-state index >= 15 is 0 Å². The van der Waals surface area contributed by atoms with Gasteiger partial charge in [-0.3, -0.25) is 9.48 Å². The third-order valence-electron chi connectivity index (χ3n) is 5.80. The number of rotatable bonds is 4. The predicted molar refractivity (Wildman–Crippen MR) is 108 cm³/mol. The molecule has 33 heavy (non-hydrogen) atoms. The van der Waals surface area contributed by atoms with E-state index in [1.807, 2.05) is 0 Å².